The Labute approximate surface area is 208 Å². The number of ether oxygens (including phenoxy) is 1. The highest BCUT2D eigenvalue weighted by molar-refractivity contribution is 8.18. The highest BCUT2D eigenvalue weighted by Gasteiger charge is 2.34. The maximum absolute atomic E-state index is 12.8. The monoisotopic (exact) mass is 483 g/mol. The van der Waals surface area contributed by atoms with Crippen LogP contribution >= 0.6 is 11.8 Å². The van der Waals surface area contributed by atoms with E-state index < -0.39 is 0 Å². The predicted octanol–water partition coefficient (Wildman–Crippen LogP) is 6.50. The average molecular weight is 484 g/mol. The Morgan fingerprint density at radius 2 is 1.54 bits per heavy atom. The van der Waals surface area contributed by atoms with Gasteiger partial charge in [-0.2, -0.15) is 0 Å². The van der Waals surface area contributed by atoms with Crippen LogP contribution < -0.4 is 4.74 Å². The second-order valence-corrected chi connectivity index (χ2v) is 9.21. The molecule has 0 saturated carbocycles. The van der Waals surface area contributed by atoms with Gasteiger partial charge in [0, 0.05) is 5.39 Å². The first-order valence-electron chi connectivity index (χ1n) is 11.2. The van der Waals surface area contributed by atoms with Gasteiger partial charge in [0.15, 0.2) is 0 Å². The van der Waals surface area contributed by atoms with Gasteiger partial charge in [0.25, 0.3) is 11.1 Å². The quantitative estimate of drug-likeness (QED) is 0.270. The van der Waals surface area contributed by atoms with Crippen molar-refractivity contribution < 1.29 is 19.1 Å². The molecule has 3 aromatic carbocycles. The summed E-state index contributed by atoms with van der Waals surface area (Å²) in [6.45, 7) is 4.05. The molecule has 3 aromatic rings. The molecule has 5 nitrogen and oxygen atoms in total. The SMILES string of the molecule is C/C(C=O)=C\c1ccc(/C=C(C)/C=C2\SC(=O)N(CCOc3cccc4ccccc34)C2=O)cc1. The standard InChI is InChI=1S/C29H25NO4S/c1-20(16-22-10-12-23(13-11-22)17-21(2)19-31)18-27-28(32)30(29(33)35-27)14-15-34-26-9-5-7-24-6-3-4-8-25(24)26/h3-13,16-19H,14-15H2,1-2H3/b20-16+,21-17+,27-18-. The van der Waals surface area contributed by atoms with Crippen molar-refractivity contribution in [3.63, 3.8) is 0 Å². The largest absolute Gasteiger partial charge is 0.491 e. The van der Waals surface area contributed by atoms with Gasteiger partial charge in [0.2, 0.25) is 0 Å². The van der Waals surface area contributed by atoms with Gasteiger partial charge in [-0.25, -0.2) is 0 Å². The van der Waals surface area contributed by atoms with Crippen LogP contribution in [0.2, 0.25) is 0 Å². The van der Waals surface area contributed by atoms with Crippen LogP contribution in [0.15, 0.2) is 88.9 Å². The molecule has 6 heteroatoms. The molecular weight excluding hydrogens is 458 g/mol. The number of hydrogen-bond donors (Lipinski definition) is 0. The zero-order valence-electron chi connectivity index (χ0n) is 19.6. The van der Waals surface area contributed by atoms with Crippen molar-refractivity contribution in [1.29, 1.82) is 0 Å². The Kier molecular flexibility index (Phi) is 7.63. The summed E-state index contributed by atoms with van der Waals surface area (Å²) in [5, 5.41) is 1.77. The van der Waals surface area contributed by atoms with E-state index in [4.69, 9.17) is 4.74 Å². The third-order valence-corrected chi connectivity index (χ3v) is 6.37. The number of carbonyl (C=O) groups excluding carboxylic acids is 3. The van der Waals surface area contributed by atoms with Crippen molar-refractivity contribution in [3.8, 4) is 5.75 Å². The molecule has 0 unspecified atom stereocenters. The minimum atomic E-state index is -0.306. The lowest BCUT2D eigenvalue weighted by atomic mass is 10.1. The van der Waals surface area contributed by atoms with Crippen LogP contribution in [0, 0.1) is 0 Å². The van der Waals surface area contributed by atoms with E-state index in [0.717, 1.165) is 51.3 Å². The summed E-state index contributed by atoms with van der Waals surface area (Å²) < 4.78 is 5.90. The Balaban J connectivity index is 1.39. The van der Waals surface area contributed by atoms with Gasteiger partial charge in [-0.05, 0) is 71.5 Å². The number of nitrogens with zero attached hydrogens (tertiary/aromatic N) is 1. The van der Waals surface area contributed by atoms with E-state index >= 15 is 0 Å². The number of fused-ring (bicyclic) bond motifs is 1. The molecule has 0 radical (unpaired) electrons. The molecule has 1 saturated heterocycles. The first-order chi connectivity index (χ1) is 16.9. The van der Waals surface area contributed by atoms with Gasteiger partial charge >= 0.3 is 0 Å². The summed E-state index contributed by atoms with van der Waals surface area (Å²) in [6, 6.07) is 21.5. The molecule has 1 aliphatic rings. The van der Waals surface area contributed by atoms with Gasteiger partial charge in [0.05, 0.1) is 11.4 Å². The van der Waals surface area contributed by atoms with E-state index in [0.29, 0.717) is 10.5 Å². The minimum absolute atomic E-state index is 0.184. The number of amides is 2. The van der Waals surface area contributed by atoms with Gasteiger partial charge in [-0.3, -0.25) is 19.3 Å². The molecule has 1 aliphatic heterocycles. The molecule has 0 bridgehead atoms. The fourth-order valence-electron chi connectivity index (χ4n) is 3.76. The number of hydrogen-bond acceptors (Lipinski definition) is 5. The van der Waals surface area contributed by atoms with Crippen LogP contribution in [0.4, 0.5) is 4.79 Å². The van der Waals surface area contributed by atoms with E-state index in [1.165, 1.54) is 4.90 Å². The Morgan fingerprint density at radius 1 is 0.886 bits per heavy atom. The van der Waals surface area contributed by atoms with Gasteiger partial charge in [-0.1, -0.05) is 66.7 Å². The van der Waals surface area contributed by atoms with Crippen LogP contribution in [0.1, 0.15) is 25.0 Å². The summed E-state index contributed by atoms with van der Waals surface area (Å²) in [5.74, 6) is 0.423. The van der Waals surface area contributed by atoms with Crippen LogP contribution in [-0.4, -0.2) is 35.5 Å². The zero-order valence-corrected chi connectivity index (χ0v) is 20.4. The summed E-state index contributed by atoms with van der Waals surface area (Å²) in [5.41, 5.74) is 3.41. The Morgan fingerprint density at radius 3 is 2.26 bits per heavy atom. The van der Waals surface area contributed by atoms with Gasteiger partial charge in [0.1, 0.15) is 18.6 Å². The summed E-state index contributed by atoms with van der Waals surface area (Å²) in [6.07, 6.45) is 6.31. The van der Waals surface area contributed by atoms with Crippen molar-refractivity contribution >= 4 is 52.1 Å². The molecule has 0 N–H and O–H groups in total. The average Bonchev–Trinajstić information content (AvgIpc) is 3.12. The van der Waals surface area contributed by atoms with Crippen molar-refractivity contribution in [3.05, 3.63) is 100.0 Å². The molecule has 0 spiro atoms. The second-order valence-electron chi connectivity index (χ2n) is 8.22. The lowest BCUT2D eigenvalue weighted by Crippen LogP contribution is -2.32. The van der Waals surface area contributed by atoms with E-state index in [1.807, 2.05) is 85.8 Å². The third kappa shape index (κ3) is 5.97. The Bertz CT molecular complexity index is 1360. The summed E-state index contributed by atoms with van der Waals surface area (Å²) in [7, 11) is 0. The third-order valence-electron chi connectivity index (χ3n) is 5.47. The van der Waals surface area contributed by atoms with Crippen molar-refractivity contribution in [1.82, 2.24) is 4.90 Å². The molecule has 0 aliphatic carbocycles. The van der Waals surface area contributed by atoms with Crippen molar-refractivity contribution in [2.75, 3.05) is 13.2 Å². The van der Waals surface area contributed by atoms with Gasteiger partial charge < -0.3 is 4.74 Å². The lowest BCUT2D eigenvalue weighted by molar-refractivity contribution is -0.123. The van der Waals surface area contributed by atoms with Crippen LogP contribution in [0.5, 0.6) is 5.75 Å². The zero-order chi connectivity index (χ0) is 24.8. The maximum Gasteiger partial charge on any atom is 0.293 e. The van der Waals surface area contributed by atoms with Crippen molar-refractivity contribution in [2.24, 2.45) is 0 Å². The molecule has 1 heterocycles. The molecule has 176 valence electrons. The highest BCUT2D eigenvalue weighted by Crippen LogP contribution is 2.32. The van der Waals surface area contributed by atoms with Crippen LogP contribution in [0.25, 0.3) is 22.9 Å². The first-order valence-corrected chi connectivity index (χ1v) is 12.0. The number of thioether (sulfide) groups is 1. The summed E-state index contributed by atoms with van der Waals surface area (Å²) in [4.78, 5) is 37.7. The molecule has 35 heavy (non-hydrogen) atoms. The van der Waals surface area contributed by atoms with E-state index in [2.05, 4.69) is 0 Å². The van der Waals surface area contributed by atoms with Crippen molar-refractivity contribution in [2.45, 2.75) is 13.8 Å². The lowest BCUT2D eigenvalue weighted by Gasteiger charge is -2.14. The number of carbonyl (C=O) groups is 3. The number of allylic oxidation sites excluding steroid dienone is 3. The predicted molar refractivity (Wildman–Crippen MR) is 142 cm³/mol. The Hall–Kier alpha value is -3.90. The molecular formula is C29H25NO4S. The maximum atomic E-state index is 12.8. The van der Waals surface area contributed by atoms with E-state index in [-0.39, 0.29) is 24.3 Å². The first kappa shape index (κ1) is 24.2. The van der Waals surface area contributed by atoms with Crippen LogP contribution in [-0.2, 0) is 9.59 Å². The number of rotatable bonds is 8. The topological polar surface area (TPSA) is 63.7 Å². The van der Waals surface area contributed by atoms with Gasteiger partial charge in [-0.15, -0.1) is 0 Å². The smallest absolute Gasteiger partial charge is 0.293 e. The fraction of sp³-hybridized carbons (Fsp3) is 0.138. The van der Waals surface area contributed by atoms with E-state index in [1.54, 1.807) is 13.0 Å². The van der Waals surface area contributed by atoms with E-state index in [9.17, 15) is 14.4 Å². The molecule has 4 rings (SSSR count). The van der Waals surface area contributed by atoms with Crippen LogP contribution in [0.3, 0.4) is 0 Å². The normalized spacial score (nSPS) is 15.8. The highest BCUT2D eigenvalue weighted by atomic mass is 32.2. The summed E-state index contributed by atoms with van der Waals surface area (Å²) >= 11 is 0.943. The molecule has 1 fully saturated rings. The molecule has 0 atom stereocenters. The molecule has 2 amide bonds. The number of imide groups is 1. The second kappa shape index (κ2) is 11.0. The fourth-order valence-corrected chi connectivity index (χ4v) is 4.67. The number of aldehydes is 1. The molecule has 0 aromatic heterocycles. The minimum Gasteiger partial charge on any atom is -0.491 e. The number of benzene rings is 3.